The van der Waals surface area contributed by atoms with Gasteiger partial charge in [0.1, 0.15) is 11.6 Å². The molecule has 0 aliphatic heterocycles. The first kappa shape index (κ1) is 20.0. The Bertz CT molecular complexity index is 919. The van der Waals surface area contributed by atoms with E-state index in [0.717, 1.165) is 5.56 Å². The van der Waals surface area contributed by atoms with Gasteiger partial charge in [-0.1, -0.05) is 31.5 Å². The highest BCUT2D eigenvalue weighted by atomic mass is 35.5. The summed E-state index contributed by atoms with van der Waals surface area (Å²) < 4.78 is 14.2. The largest absolute Gasteiger partial charge is 0.394 e. The van der Waals surface area contributed by atoms with E-state index in [4.69, 9.17) is 11.6 Å². The lowest BCUT2D eigenvalue weighted by Crippen LogP contribution is -2.30. The van der Waals surface area contributed by atoms with Crippen molar-refractivity contribution in [3.8, 4) is 11.3 Å². The van der Waals surface area contributed by atoms with Gasteiger partial charge < -0.3 is 15.7 Å². The Balaban J connectivity index is 2.02. The Morgan fingerprint density at radius 2 is 2.00 bits per heavy atom. The summed E-state index contributed by atoms with van der Waals surface area (Å²) in [5.74, 6) is 0.347. The van der Waals surface area contributed by atoms with Gasteiger partial charge in [-0.2, -0.15) is 4.98 Å². The molecule has 28 heavy (non-hydrogen) atoms. The second kappa shape index (κ2) is 8.95. The number of nitrogens with zero attached hydrogens (tertiary/aromatic N) is 3. The van der Waals surface area contributed by atoms with Gasteiger partial charge in [0.25, 0.3) is 0 Å². The topological polar surface area (TPSA) is 83.0 Å². The molecule has 2 aromatic heterocycles. The van der Waals surface area contributed by atoms with Crippen LogP contribution in [0.2, 0.25) is 5.02 Å². The minimum Gasteiger partial charge on any atom is -0.394 e. The van der Waals surface area contributed by atoms with Gasteiger partial charge in [-0.15, -0.1) is 0 Å². The number of aromatic nitrogens is 3. The van der Waals surface area contributed by atoms with Gasteiger partial charge in [0, 0.05) is 24.0 Å². The van der Waals surface area contributed by atoms with Crippen LogP contribution < -0.4 is 10.6 Å². The van der Waals surface area contributed by atoms with E-state index in [1.807, 2.05) is 19.9 Å². The van der Waals surface area contributed by atoms with Crippen LogP contribution in [0.1, 0.15) is 13.8 Å². The molecule has 3 rings (SSSR count). The van der Waals surface area contributed by atoms with Crippen molar-refractivity contribution in [3.05, 3.63) is 59.6 Å². The normalized spacial score (nSPS) is 12.1. The summed E-state index contributed by atoms with van der Waals surface area (Å²) in [5.41, 5.74) is 1.51. The van der Waals surface area contributed by atoms with E-state index in [1.54, 1.807) is 30.6 Å². The van der Waals surface area contributed by atoms with Crippen molar-refractivity contribution in [3.63, 3.8) is 0 Å². The van der Waals surface area contributed by atoms with Crippen LogP contribution in [0.4, 0.5) is 21.8 Å². The number of nitrogens with one attached hydrogen (secondary N) is 2. The molecule has 8 heteroatoms. The van der Waals surface area contributed by atoms with Crippen molar-refractivity contribution >= 4 is 29.1 Å². The van der Waals surface area contributed by atoms with Gasteiger partial charge >= 0.3 is 0 Å². The molecular weight excluding hydrogens is 381 g/mol. The van der Waals surface area contributed by atoms with Crippen molar-refractivity contribution in [2.75, 3.05) is 17.2 Å². The SMILES string of the molecule is CC(C)[C@H](CO)Nc1nc(Nc2c(F)cccc2Cl)cc(-c2cccnc2)n1. The van der Waals surface area contributed by atoms with Crippen LogP contribution in [0.25, 0.3) is 11.3 Å². The van der Waals surface area contributed by atoms with Crippen molar-refractivity contribution in [1.29, 1.82) is 0 Å². The molecule has 3 aromatic rings. The number of para-hydroxylation sites is 1. The Hall–Kier alpha value is -2.77. The Morgan fingerprint density at radius 3 is 2.64 bits per heavy atom. The second-order valence-corrected chi connectivity index (χ2v) is 7.01. The molecule has 0 fully saturated rings. The average molecular weight is 402 g/mol. The van der Waals surface area contributed by atoms with Crippen LogP contribution in [0.5, 0.6) is 0 Å². The third-order valence-corrected chi connectivity index (χ3v) is 4.53. The maximum absolute atomic E-state index is 14.2. The maximum Gasteiger partial charge on any atom is 0.225 e. The van der Waals surface area contributed by atoms with Crippen LogP contribution in [0.15, 0.2) is 48.8 Å². The molecule has 0 saturated heterocycles. The third-order valence-electron chi connectivity index (χ3n) is 4.22. The van der Waals surface area contributed by atoms with Crippen molar-refractivity contribution in [2.24, 2.45) is 5.92 Å². The lowest BCUT2D eigenvalue weighted by molar-refractivity contribution is 0.248. The summed E-state index contributed by atoms with van der Waals surface area (Å²) in [6.07, 6.45) is 3.35. The summed E-state index contributed by atoms with van der Waals surface area (Å²) in [7, 11) is 0. The zero-order valence-corrected chi connectivity index (χ0v) is 16.3. The summed E-state index contributed by atoms with van der Waals surface area (Å²) in [5, 5.41) is 15.9. The highest BCUT2D eigenvalue weighted by Gasteiger charge is 2.16. The first-order chi connectivity index (χ1) is 13.5. The minimum absolute atomic E-state index is 0.0694. The molecule has 0 radical (unpaired) electrons. The van der Waals surface area contributed by atoms with E-state index >= 15 is 0 Å². The Morgan fingerprint density at radius 1 is 1.18 bits per heavy atom. The zero-order valence-electron chi connectivity index (χ0n) is 15.5. The molecule has 0 spiro atoms. The average Bonchev–Trinajstić information content (AvgIpc) is 2.69. The molecule has 6 nitrogen and oxygen atoms in total. The van der Waals surface area contributed by atoms with Crippen molar-refractivity contribution in [2.45, 2.75) is 19.9 Å². The first-order valence-electron chi connectivity index (χ1n) is 8.86. The molecule has 3 N–H and O–H groups in total. The molecule has 0 amide bonds. The van der Waals surface area contributed by atoms with E-state index in [0.29, 0.717) is 17.5 Å². The fourth-order valence-electron chi connectivity index (χ4n) is 2.57. The van der Waals surface area contributed by atoms with Gasteiger partial charge in [0.15, 0.2) is 0 Å². The number of halogens is 2. The minimum atomic E-state index is -0.487. The van der Waals surface area contributed by atoms with Crippen LogP contribution >= 0.6 is 11.6 Å². The standard InChI is InChI=1S/C20H21ClFN5O/c1-12(2)17(11-28)25-20-24-16(13-5-4-8-23-10-13)9-18(27-20)26-19-14(21)6-3-7-15(19)22/h3-10,12,17,28H,11H2,1-2H3,(H2,24,25,26,27)/t17-/m0/s1. The van der Waals surface area contributed by atoms with Crippen molar-refractivity contribution < 1.29 is 9.50 Å². The molecule has 0 bridgehead atoms. The van der Waals surface area contributed by atoms with E-state index in [2.05, 4.69) is 25.6 Å². The number of aliphatic hydroxyl groups is 1. The predicted molar refractivity (Wildman–Crippen MR) is 109 cm³/mol. The summed E-state index contributed by atoms with van der Waals surface area (Å²) >= 11 is 6.12. The zero-order chi connectivity index (χ0) is 20.1. The van der Waals surface area contributed by atoms with Gasteiger partial charge in [0.2, 0.25) is 5.95 Å². The van der Waals surface area contributed by atoms with E-state index < -0.39 is 5.82 Å². The molecule has 0 aliphatic rings. The molecule has 1 atom stereocenters. The van der Waals surface area contributed by atoms with Crippen LogP contribution in [0, 0.1) is 11.7 Å². The number of rotatable bonds is 7. The number of anilines is 3. The fourth-order valence-corrected chi connectivity index (χ4v) is 2.78. The maximum atomic E-state index is 14.2. The van der Waals surface area contributed by atoms with Gasteiger partial charge in [0.05, 0.1) is 29.1 Å². The molecule has 1 aromatic carbocycles. The summed E-state index contributed by atoms with van der Waals surface area (Å²) in [6, 6.07) is 9.57. The van der Waals surface area contributed by atoms with Gasteiger partial charge in [-0.25, -0.2) is 9.37 Å². The van der Waals surface area contributed by atoms with E-state index in [1.165, 1.54) is 12.1 Å². The Labute approximate surface area is 167 Å². The van der Waals surface area contributed by atoms with Crippen LogP contribution in [-0.2, 0) is 0 Å². The van der Waals surface area contributed by atoms with Crippen molar-refractivity contribution in [1.82, 2.24) is 15.0 Å². The van der Waals surface area contributed by atoms with E-state index in [9.17, 15) is 9.50 Å². The predicted octanol–water partition coefficient (Wildman–Crippen LogP) is 4.50. The lowest BCUT2D eigenvalue weighted by atomic mass is 10.1. The van der Waals surface area contributed by atoms with E-state index in [-0.39, 0.29) is 29.3 Å². The number of pyridine rings is 1. The number of hydrogen-bond acceptors (Lipinski definition) is 6. The second-order valence-electron chi connectivity index (χ2n) is 6.60. The smallest absolute Gasteiger partial charge is 0.225 e. The molecule has 0 aliphatic carbocycles. The summed E-state index contributed by atoms with van der Waals surface area (Å²) in [4.78, 5) is 13.1. The van der Waals surface area contributed by atoms with Gasteiger partial charge in [-0.05, 0) is 30.2 Å². The van der Waals surface area contributed by atoms with Gasteiger partial charge in [-0.3, -0.25) is 4.98 Å². The lowest BCUT2D eigenvalue weighted by Gasteiger charge is -2.21. The monoisotopic (exact) mass is 401 g/mol. The highest BCUT2D eigenvalue weighted by Crippen LogP contribution is 2.29. The molecule has 0 unspecified atom stereocenters. The first-order valence-corrected chi connectivity index (χ1v) is 9.23. The quantitative estimate of drug-likeness (QED) is 0.540. The summed E-state index contributed by atoms with van der Waals surface area (Å²) in [6.45, 7) is 3.90. The third kappa shape index (κ3) is 4.74. The highest BCUT2D eigenvalue weighted by molar-refractivity contribution is 6.33. The molecule has 2 heterocycles. The number of benzene rings is 1. The molecular formula is C20H21ClFN5O. The number of hydrogen-bond donors (Lipinski definition) is 3. The number of aliphatic hydroxyl groups excluding tert-OH is 1. The van der Waals surface area contributed by atoms with Crippen LogP contribution in [0.3, 0.4) is 0 Å². The van der Waals surface area contributed by atoms with Crippen LogP contribution in [-0.4, -0.2) is 32.7 Å². The fraction of sp³-hybridized carbons (Fsp3) is 0.250. The Kier molecular flexibility index (Phi) is 6.38. The molecule has 0 saturated carbocycles. The molecule has 146 valence electrons.